The highest BCUT2D eigenvalue weighted by Gasteiger charge is 2.21. The Morgan fingerprint density at radius 2 is 2.12 bits per heavy atom. The molecule has 0 saturated heterocycles. The lowest BCUT2D eigenvalue weighted by Crippen LogP contribution is -2.39. The number of rotatable bonds is 3. The molecule has 0 spiro atoms. The van der Waals surface area contributed by atoms with Crippen LogP contribution in [0.3, 0.4) is 0 Å². The Morgan fingerprint density at radius 1 is 1.53 bits per heavy atom. The Balaban J connectivity index is 2.93. The Kier molecular flexibility index (Phi) is 3.72. The largest absolute Gasteiger partial charge is 0.398 e. The van der Waals surface area contributed by atoms with Gasteiger partial charge in [0.2, 0.25) is 0 Å². The first-order chi connectivity index (χ1) is 7.70. The van der Waals surface area contributed by atoms with Crippen LogP contribution in [0, 0.1) is 5.82 Å². The number of hydrogen-bond donors (Lipinski definition) is 2. The van der Waals surface area contributed by atoms with Crippen molar-refractivity contribution < 1.29 is 14.3 Å². The fourth-order valence-electron chi connectivity index (χ4n) is 1.57. The minimum absolute atomic E-state index is 0.108. The summed E-state index contributed by atoms with van der Waals surface area (Å²) in [6, 6.07) is 3.64. The number of carbonyl (C=O) groups is 1. The van der Waals surface area contributed by atoms with E-state index in [4.69, 9.17) is 5.73 Å². The number of carbonyl (C=O) groups excluding carboxylic acids is 1. The topological polar surface area (TPSA) is 66.6 Å². The van der Waals surface area contributed by atoms with Gasteiger partial charge in [0.25, 0.3) is 5.91 Å². The monoisotopic (exact) mass is 240 g/mol. The van der Waals surface area contributed by atoms with Gasteiger partial charge >= 0.3 is 0 Å². The highest BCUT2D eigenvalue weighted by atomic mass is 19.1. The fourth-order valence-corrected chi connectivity index (χ4v) is 1.57. The first-order valence-electron chi connectivity index (χ1n) is 5.23. The normalized spacial score (nSPS) is 11.4. The molecule has 0 aliphatic heterocycles. The summed E-state index contributed by atoms with van der Waals surface area (Å²) in [4.78, 5) is 13.3. The summed E-state index contributed by atoms with van der Waals surface area (Å²) in [5, 5.41) is 9.61. The lowest BCUT2D eigenvalue weighted by atomic mass is 10.1. The van der Waals surface area contributed by atoms with Gasteiger partial charge in [0.05, 0.1) is 11.2 Å². The van der Waals surface area contributed by atoms with E-state index in [-0.39, 0.29) is 17.8 Å². The van der Waals surface area contributed by atoms with Crippen molar-refractivity contribution in [1.29, 1.82) is 0 Å². The third-order valence-electron chi connectivity index (χ3n) is 2.22. The summed E-state index contributed by atoms with van der Waals surface area (Å²) in [6.45, 7) is 3.32. The fraction of sp³-hybridized carbons (Fsp3) is 0.417. The van der Waals surface area contributed by atoms with Gasteiger partial charge < -0.3 is 15.7 Å². The third kappa shape index (κ3) is 3.71. The van der Waals surface area contributed by atoms with Crippen molar-refractivity contribution in [2.45, 2.75) is 19.4 Å². The summed E-state index contributed by atoms with van der Waals surface area (Å²) in [7, 11) is 1.53. The molecule has 0 aromatic heterocycles. The molecule has 5 heteroatoms. The molecule has 17 heavy (non-hydrogen) atoms. The van der Waals surface area contributed by atoms with Gasteiger partial charge in [0.1, 0.15) is 5.82 Å². The van der Waals surface area contributed by atoms with Gasteiger partial charge in [-0.1, -0.05) is 0 Å². The first-order valence-corrected chi connectivity index (χ1v) is 5.23. The van der Waals surface area contributed by atoms with E-state index >= 15 is 0 Å². The number of nitrogens with two attached hydrogens (primary N) is 1. The average Bonchev–Trinajstić information content (AvgIpc) is 2.18. The highest BCUT2D eigenvalue weighted by molar-refractivity contribution is 5.99. The van der Waals surface area contributed by atoms with Crippen molar-refractivity contribution in [1.82, 2.24) is 4.90 Å². The number of nitrogens with zero attached hydrogens (tertiary/aromatic N) is 1. The van der Waals surface area contributed by atoms with Crippen LogP contribution in [0.1, 0.15) is 24.2 Å². The van der Waals surface area contributed by atoms with Crippen LogP contribution in [0.5, 0.6) is 0 Å². The van der Waals surface area contributed by atoms with E-state index in [1.807, 2.05) is 0 Å². The average molecular weight is 240 g/mol. The summed E-state index contributed by atoms with van der Waals surface area (Å²) >= 11 is 0. The van der Waals surface area contributed by atoms with Crippen LogP contribution in [-0.2, 0) is 0 Å². The van der Waals surface area contributed by atoms with Crippen LogP contribution in [0.25, 0.3) is 0 Å². The van der Waals surface area contributed by atoms with Crippen LogP contribution in [0.2, 0.25) is 0 Å². The van der Waals surface area contributed by atoms with Crippen LogP contribution >= 0.6 is 0 Å². The van der Waals surface area contributed by atoms with Crippen LogP contribution in [-0.4, -0.2) is 35.1 Å². The number of anilines is 1. The minimum Gasteiger partial charge on any atom is -0.398 e. The summed E-state index contributed by atoms with van der Waals surface area (Å²) in [5.74, 6) is -0.927. The molecule has 3 N–H and O–H groups in total. The number of nitrogen functional groups attached to an aromatic ring is 1. The maximum absolute atomic E-state index is 13.0. The van der Waals surface area contributed by atoms with Crippen molar-refractivity contribution in [3.05, 3.63) is 29.6 Å². The van der Waals surface area contributed by atoms with Crippen LogP contribution in [0.4, 0.5) is 10.1 Å². The lowest BCUT2D eigenvalue weighted by molar-refractivity contribution is 0.0368. The second-order valence-corrected chi connectivity index (χ2v) is 4.71. The van der Waals surface area contributed by atoms with Gasteiger partial charge in [-0.15, -0.1) is 0 Å². The quantitative estimate of drug-likeness (QED) is 0.781. The van der Waals surface area contributed by atoms with Crippen molar-refractivity contribution >= 4 is 11.6 Å². The first kappa shape index (κ1) is 13.4. The Morgan fingerprint density at radius 3 is 2.65 bits per heavy atom. The molecule has 1 rings (SSSR count). The zero-order valence-corrected chi connectivity index (χ0v) is 10.2. The second kappa shape index (κ2) is 4.71. The van der Waals surface area contributed by atoms with E-state index in [1.54, 1.807) is 13.8 Å². The van der Waals surface area contributed by atoms with Crippen molar-refractivity contribution in [2.24, 2.45) is 0 Å². The van der Waals surface area contributed by atoms with E-state index in [2.05, 4.69) is 0 Å². The number of amides is 1. The molecular formula is C12H17FN2O2. The van der Waals surface area contributed by atoms with Gasteiger partial charge in [-0.25, -0.2) is 4.39 Å². The molecular weight excluding hydrogens is 223 g/mol. The molecule has 94 valence electrons. The Bertz CT molecular complexity index is 427. The minimum atomic E-state index is -1.01. The Labute approximate surface area is 99.8 Å². The van der Waals surface area contributed by atoms with E-state index < -0.39 is 17.3 Å². The SMILES string of the molecule is CN(CC(C)(C)O)C(=O)c1cc(F)ccc1N. The number of likely N-dealkylation sites (N-methyl/N-ethyl adjacent to an activating group) is 1. The predicted molar refractivity (Wildman–Crippen MR) is 64.1 cm³/mol. The molecule has 0 fully saturated rings. The molecule has 1 amide bonds. The van der Waals surface area contributed by atoms with E-state index in [0.29, 0.717) is 0 Å². The van der Waals surface area contributed by atoms with Gasteiger partial charge in [-0.3, -0.25) is 4.79 Å². The van der Waals surface area contributed by atoms with Gasteiger partial charge in [0, 0.05) is 19.3 Å². The van der Waals surface area contributed by atoms with Crippen molar-refractivity contribution in [2.75, 3.05) is 19.3 Å². The molecule has 0 unspecified atom stereocenters. The lowest BCUT2D eigenvalue weighted by Gasteiger charge is -2.26. The second-order valence-electron chi connectivity index (χ2n) is 4.71. The molecule has 1 aromatic carbocycles. The zero-order chi connectivity index (χ0) is 13.2. The Hall–Kier alpha value is -1.62. The van der Waals surface area contributed by atoms with E-state index in [0.717, 1.165) is 6.07 Å². The smallest absolute Gasteiger partial charge is 0.255 e. The van der Waals surface area contributed by atoms with Crippen molar-refractivity contribution in [3.8, 4) is 0 Å². The number of benzene rings is 1. The van der Waals surface area contributed by atoms with Gasteiger partial charge in [-0.05, 0) is 32.0 Å². The molecule has 0 heterocycles. The molecule has 0 bridgehead atoms. The zero-order valence-electron chi connectivity index (χ0n) is 10.2. The van der Waals surface area contributed by atoms with E-state index in [9.17, 15) is 14.3 Å². The molecule has 0 radical (unpaired) electrons. The molecule has 0 aliphatic rings. The molecule has 4 nitrogen and oxygen atoms in total. The summed E-state index contributed by atoms with van der Waals surface area (Å²) in [5.41, 5.74) is 4.94. The standard InChI is InChI=1S/C12H17FN2O2/c1-12(2,17)7-15(3)11(16)9-6-8(13)4-5-10(9)14/h4-6,17H,7,14H2,1-3H3. The van der Waals surface area contributed by atoms with Crippen LogP contribution < -0.4 is 5.73 Å². The summed E-state index contributed by atoms with van der Waals surface area (Å²) < 4.78 is 13.0. The predicted octanol–water partition coefficient (Wildman–Crippen LogP) is 1.25. The van der Waals surface area contributed by atoms with Crippen LogP contribution in [0.15, 0.2) is 18.2 Å². The maximum Gasteiger partial charge on any atom is 0.255 e. The maximum atomic E-state index is 13.0. The summed E-state index contributed by atoms with van der Waals surface area (Å²) in [6.07, 6.45) is 0. The highest BCUT2D eigenvalue weighted by Crippen LogP contribution is 2.16. The number of aliphatic hydroxyl groups is 1. The molecule has 0 aliphatic carbocycles. The van der Waals surface area contributed by atoms with Gasteiger partial charge in [0.15, 0.2) is 0 Å². The third-order valence-corrected chi connectivity index (χ3v) is 2.22. The van der Waals surface area contributed by atoms with Crippen molar-refractivity contribution in [3.63, 3.8) is 0 Å². The van der Waals surface area contributed by atoms with Gasteiger partial charge in [-0.2, -0.15) is 0 Å². The number of hydrogen-bond acceptors (Lipinski definition) is 3. The number of halogens is 1. The molecule has 0 atom stereocenters. The van der Waals surface area contributed by atoms with E-state index in [1.165, 1.54) is 24.1 Å². The molecule has 1 aromatic rings. The molecule has 0 saturated carbocycles.